The Bertz CT molecular complexity index is 1500. The molecule has 9 nitrogen and oxygen atoms in total. The Kier molecular flexibility index (Phi) is 6.06. The highest BCUT2D eigenvalue weighted by molar-refractivity contribution is 6.00. The summed E-state index contributed by atoms with van der Waals surface area (Å²) in [5, 5.41) is 12.6. The van der Waals surface area contributed by atoms with E-state index in [-0.39, 0.29) is 22.5 Å². The molecule has 0 radical (unpaired) electrons. The first kappa shape index (κ1) is 23.9. The number of nitrogens with one attached hydrogen (secondary N) is 3. The topological polar surface area (TPSA) is 114 Å². The zero-order chi connectivity index (χ0) is 25.5. The molecule has 0 aliphatic rings. The molecule has 0 bridgehead atoms. The van der Waals surface area contributed by atoms with Gasteiger partial charge in [0.1, 0.15) is 17.4 Å². The van der Waals surface area contributed by atoms with E-state index in [1.807, 2.05) is 20.8 Å². The number of rotatable bonds is 4. The largest absolute Gasteiger partial charge is 0.373 e. The van der Waals surface area contributed by atoms with Gasteiger partial charge in [0.2, 0.25) is 0 Å². The van der Waals surface area contributed by atoms with Crippen molar-refractivity contribution in [2.45, 2.75) is 33.1 Å². The van der Waals surface area contributed by atoms with Crippen LogP contribution in [0.3, 0.4) is 0 Å². The minimum atomic E-state index is -0.692. The normalized spacial score (nSPS) is 11.5. The number of urea groups is 1. The van der Waals surface area contributed by atoms with E-state index >= 15 is 0 Å². The lowest BCUT2D eigenvalue weighted by Crippen LogP contribution is -2.21. The molecule has 35 heavy (non-hydrogen) atoms. The maximum Gasteiger partial charge on any atom is 0.325 e. The molecule has 0 saturated heterocycles. The van der Waals surface area contributed by atoms with Gasteiger partial charge >= 0.3 is 6.03 Å². The molecule has 4 aromatic rings. The molecule has 0 unspecified atom stereocenters. The van der Waals surface area contributed by atoms with E-state index in [0.717, 1.165) is 5.39 Å². The summed E-state index contributed by atoms with van der Waals surface area (Å²) in [6.45, 7) is 7.56. The van der Waals surface area contributed by atoms with Gasteiger partial charge in [-0.3, -0.25) is 10.1 Å². The molecule has 0 saturated carbocycles. The molecule has 2 amide bonds. The Balaban J connectivity index is 1.67. The molecule has 182 valence electrons. The molecule has 0 atom stereocenters. The van der Waals surface area contributed by atoms with Crippen molar-refractivity contribution >= 4 is 34.3 Å². The lowest BCUT2D eigenvalue weighted by Gasteiger charge is -2.14. The summed E-state index contributed by atoms with van der Waals surface area (Å²) in [6, 6.07) is 7.16. The molecular weight excluding hydrogens is 451 g/mol. The Hall–Kier alpha value is -4.21. The highest BCUT2D eigenvalue weighted by Gasteiger charge is 2.21. The standard InChI is InChI=1S/C25H27FN6O3/c1-13-7-17(26)18(29-24(34)30-22-11-20(35-31-22)25(2,3)4)9-15(13)16-8-14-12-28-21(27-5)10-19(14)32(6)23(16)33/h7-12H,1-6H3,(H,27,28)(H2,29,30,31,34). The van der Waals surface area contributed by atoms with Gasteiger partial charge < -0.3 is 19.7 Å². The number of anilines is 3. The molecule has 0 spiro atoms. The third-order valence-corrected chi connectivity index (χ3v) is 5.71. The molecule has 3 heterocycles. The van der Waals surface area contributed by atoms with Crippen LogP contribution >= 0.6 is 0 Å². The molecule has 0 aliphatic carbocycles. The number of halogens is 1. The van der Waals surface area contributed by atoms with Gasteiger partial charge in [0.05, 0.1) is 11.2 Å². The number of pyridine rings is 2. The van der Waals surface area contributed by atoms with Crippen molar-refractivity contribution in [1.82, 2.24) is 14.7 Å². The fourth-order valence-electron chi connectivity index (χ4n) is 3.71. The number of nitrogens with zero attached hydrogens (tertiary/aromatic N) is 3. The smallest absolute Gasteiger partial charge is 0.325 e. The van der Waals surface area contributed by atoms with Gasteiger partial charge in [-0.1, -0.05) is 25.9 Å². The monoisotopic (exact) mass is 478 g/mol. The number of hydrogen-bond donors (Lipinski definition) is 3. The lowest BCUT2D eigenvalue weighted by atomic mass is 9.93. The van der Waals surface area contributed by atoms with Gasteiger partial charge in [-0.15, -0.1) is 0 Å². The van der Waals surface area contributed by atoms with Crippen LogP contribution in [0.1, 0.15) is 32.1 Å². The van der Waals surface area contributed by atoms with Crippen LogP contribution in [-0.2, 0) is 12.5 Å². The number of carbonyl (C=O) groups excluding carboxylic acids is 1. The average molecular weight is 479 g/mol. The quantitative estimate of drug-likeness (QED) is 0.380. The van der Waals surface area contributed by atoms with Crippen molar-refractivity contribution in [3.8, 4) is 11.1 Å². The summed E-state index contributed by atoms with van der Waals surface area (Å²) in [4.78, 5) is 30.0. The number of carbonyl (C=O) groups is 1. The first-order valence-electron chi connectivity index (χ1n) is 11.0. The number of fused-ring (bicyclic) bond motifs is 1. The van der Waals surface area contributed by atoms with Gasteiger partial charge in [-0.05, 0) is 36.2 Å². The summed E-state index contributed by atoms with van der Waals surface area (Å²) in [6.07, 6.45) is 1.67. The molecule has 1 aromatic carbocycles. The predicted molar refractivity (Wildman–Crippen MR) is 135 cm³/mol. The molecular formula is C25H27FN6O3. The Morgan fingerprint density at radius 2 is 1.80 bits per heavy atom. The number of amides is 2. The zero-order valence-corrected chi connectivity index (χ0v) is 20.4. The van der Waals surface area contributed by atoms with Crippen LogP contribution in [0.15, 0.2) is 45.8 Å². The first-order chi connectivity index (χ1) is 16.5. The van der Waals surface area contributed by atoms with Crippen molar-refractivity contribution in [2.24, 2.45) is 7.05 Å². The van der Waals surface area contributed by atoms with Gasteiger partial charge in [0.15, 0.2) is 5.82 Å². The van der Waals surface area contributed by atoms with E-state index in [2.05, 4.69) is 26.1 Å². The van der Waals surface area contributed by atoms with E-state index in [4.69, 9.17) is 4.52 Å². The van der Waals surface area contributed by atoms with Crippen molar-refractivity contribution in [2.75, 3.05) is 23.0 Å². The Labute approximate surface area is 201 Å². The van der Waals surface area contributed by atoms with E-state index in [0.29, 0.717) is 33.8 Å². The number of benzene rings is 1. The number of aryl methyl sites for hydroxylation is 2. The molecule has 3 N–H and O–H groups in total. The van der Waals surface area contributed by atoms with Crippen molar-refractivity contribution in [3.63, 3.8) is 0 Å². The fourth-order valence-corrected chi connectivity index (χ4v) is 3.71. The van der Waals surface area contributed by atoms with Crippen molar-refractivity contribution in [1.29, 1.82) is 0 Å². The molecule has 4 rings (SSSR count). The van der Waals surface area contributed by atoms with Crippen LogP contribution in [-0.4, -0.2) is 27.8 Å². The maximum atomic E-state index is 14.7. The minimum Gasteiger partial charge on any atom is -0.373 e. The van der Waals surface area contributed by atoms with Gasteiger partial charge in [-0.2, -0.15) is 0 Å². The van der Waals surface area contributed by atoms with E-state index in [9.17, 15) is 14.0 Å². The second-order valence-electron chi connectivity index (χ2n) is 9.35. The van der Waals surface area contributed by atoms with Gasteiger partial charge in [0, 0.05) is 48.8 Å². The van der Waals surface area contributed by atoms with E-state index in [1.54, 1.807) is 45.4 Å². The summed E-state index contributed by atoms with van der Waals surface area (Å²) < 4.78 is 21.5. The summed E-state index contributed by atoms with van der Waals surface area (Å²) in [5.74, 6) is 0.810. The molecule has 0 aliphatic heterocycles. The van der Waals surface area contributed by atoms with Crippen LogP contribution in [0.2, 0.25) is 0 Å². The van der Waals surface area contributed by atoms with Crippen LogP contribution in [0.5, 0.6) is 0 Å². The first-order valence-corrected chi connectivity index (χ1v) is 11.0. The van der Waals surface area contributed by atoms with E-state index in [1.165, 1.54) is 16.7 Å². The lowest BCUT2D eigenvalue weighted by molar-refractivity contribution is 0.261. The summed E-state index contributed by atoms with van der Waals surface area (Å²) >= 11 is 0. The van der Waals surface area contributed by atoms with Crippen LogP contribution in [0.25, 0.3) is 22.0 Å². The van der Waals surface area contributed by atoms with Gasteiger partial charge in [0.25, 0.3) is 5.56 Å². The Morgan fingerprint density at radius 3 is 2.46 bits per heavy atom. The fraction of sp³-hybridized carbons (Fsp3) is 0.280. The second kappa shape index (κ2) is 8.86. The number of hydrogen-bond acceptors (Lipinski definition) is 6. The summed E-state index contributed by atoms with van der Waals surface area (Å²) in [7, 11) is 3.42. The van der Waals surface area contributed by atoms with Crippen molar-refractivity contribution < 1.29 is 13.7 Å². The molecule has 10 heteroatoms. The minimum absolute atomic E-state index is 0.0755. The molecule has 0 fully saturated rings. The maximum absolute atomic E-state index is 14.7. The highest BCUT2D eigenvalue weighted by Crippen LogP contribution is 2.29. The molecule has 3 aromatic heterocycles. The average Bonchev–Trinajstić information content (AvgIpc) is 3.27. The summed E-state index contributed by atoms with van der Waals surface area (Å²) in [5.41, 5.74) is 1.51. The van der Waals surface area contributed by atoms with Crippen LogP contribution < -0.4 is 21.5 Å². The predicted octanol–water partition coefficient (Wildman–Crippen LogP) is 5.02. The number of aromatic nitrogens is 3. The van der Waals surface area contributed by atoms with Crippen LogP contribution in [0, 0.1) is 12.7 Å². The second-order valence-corrected chi connectivity index (χ2v) is 9.35. The Morgan fingerprint density at radius 1 is 1.06 bits per heavy atom. The van der Waals surface area contributed by atoms with E-state index < -0.39 is 11.8 Å². The third-order valence-electron chi connectivity index (χ3n) is 5.71. The SMILES string of the molecule is CNc1cc2c(cn1)cc(-c1cc(NC(=O)Nc3cc(C(C)(C)C)on3)c(F)cc1C)c(=O)n2C. The third kappa shape index (κ3) is 4.72. The van der Waals surface area contributed by atoms with Crippen LogP contribution in [0.4, 0.5) is 26.5 Å². The highest BCUT2D eigenvalue weighted by atomic mass is 19.1. The van der Waals surface area contributed by atoms with Gasteiger partial charge in [-0.25, -0.2) is 14.2 Å². The zero-order valence-electron chi connectivity index (χ0n) is 20.4. The van der Waals surface area contributed by atoms with Crippen molar-refractivity contribution in [3.05, 3.63) is 64.0 Å².